The topological polar surface area (TPSA) is 48.3 Å². The molecule has 2 heterocycles. The molecule has 5 nitrogen and oxygen atoms in total. The Kier molecular flexibility index (Phi) is 4.97. The highest BCUT2D eigenvalue weighted by molar-refractivity contribution is 4.98. The minimum Gasteiger partial charge on any atom is -0.376 e. The van der Waals surface area contributed by atoms with E-state index in [1.54, 1.807) is 0 Å². The molecule has 0 amide bonds. The normalized spacial score (nSPS) is 20.6. The van der Waals surface area contributed by atoms with E-state index in [1.807, 2.05) is 12.5 Å². The SMILES string of the molecule is CCCNCc1cncn1CC1COCCO1. The van der Waals surface area contributed by atoms with Gasteiger partial charge in [-0.15, -0.1) is 0 Å². The lowest BCUT2D eigenvalue weighted by Crippen LogP contribution is -2.32. The summed E-state index contributed by atoms with van der Waals surface area (Å²) in [5.74, 6) is 0. The number of nitrogens with zero attached hydrogens (tertiary/aromatic N) is 2. The molecule has 1 fully saturated rings. The summed E-state index contributed by atoms with van der Waals surface area (Å²) in [5.41, 5.74) is 1.20. The van der Waals surface area contributed by atoms with E-state index >= 15 is 0 Å². The molecule has 0 radical (unpaired) electrons. The second kappa shape index (κ2) is 6.74. The van der Waals surface area contributed by atoms with Gasteiger partial charge in [0.25, 0.3) is 0 Å². The van der Waals surface area contributed by atoms with Gasteiger partial charge in [-0.05, 0) is 13.0 Å². The van der Waals surface area contributed by atoms with Crippen LogP contribution in [0.5, 0.6) is 0 Å². The van der Waals surface area contributed by atoms with Crippen molar-refractivity contribution in [3.8, 4) is 0 Å². The van der Waals surface area contributed by atoms with Crippen LogP contribution in [0.4, 0.5) is 0 Å². The van der Waals surface area contributed by atoms with Crippen molar-refractivity contribution in [2.45, 2.75) is 32.5 Å². The van der Waals surface area contributed by atoms with E-state index < -0.39 is 0 Å². The van der Waals surface area contributed by atoms with Gasteiger partial charge in [-0.1, -0.05) is 6.92 Å². The van der Waals surface area contributed by atoms with Crippen molar-refractivity contribution in [3.63, 3.8) is 0 Å². The number of aromatic nitrogens is 2. The Morgan fingerprint density at radius 3 is 3.24 bits per heavy atom. The van der Waals surface area contributed by atoms with Crippen LogP contribution in [0, 0.1) is 0 Å². The number of hydrogen-bond donors (Lipinski definition) is 1. The van der Waals surface area contributed by atoms with Gasteiger partial charge in [0.1, 0.15) is 0 Å². The number of nitrogens with one attached hydrogen (secondary N) is 1. The highest BCUT2D eigenvalue weighted by atomic mass is 16.6. The Bertz CT molecular complexity index is 321. The molecule has 0 aliphatic carbocycles. The lowest BCUT2D eigenvalue weighted by atomic mass is 10.3. The fraction of sp³-hybridized carbons (Fsp3) is 0.750. The molecule has 1 aromatic heterocycles. The molecule has 1 atom stereocenters. The molecule has 0 spiro atoms. The molecule has 1 saturated heterocycles. The van der Waals surface area contributed by atoms with Gasteiger partial charge in [-0.25, -0.2) is 4.98 Å². The lowest BCUT2D eigenvalue weighted by Gasteiger charge is -2.24. The summed E-state index contributed by atoms with van der Waals surface area (Å²) < 4.78 is 13.2. The molecule has 5 heteroatoms. The second-order valence-corrected chi connectivity index (χ2v) is 4.28. The number of ether oxygens (including phenoxy) is 2. The highest BCUT2D eigenvalue weighted by Gasteiger charge is 2.15. The van der Waals surface area contributed by atoms with Crippen LogP contribution in [0.1, 0.15) is 19.0 Å². The molecule has 1 aromatic rings. The molecule has 0 bridgehead atoms. The van der Waals surface area contributed by atoms with Gasteiger partial charge in [-0.2, -0.15) is 0 Å². The van der Waals surface area contributed by atoms with Gasteiger partial charge in [0.15, 0.2) is 0 Å². The predicted molar refractivity (Wildman–Crippen MR) is 64.8 cm³/mol. The first kappa shape index (κ1) is 12.5. The van der Waals surface area contributed by atoms with Crippen LogP contribution in [0.3, 0.4) is 0 Å². The Morgan fingerprint density at radius 2 is 2.47 bits per heavy atom. The molecule has 17 heavy (non-hydrogen) atoms. The molecule has 1 aliphatic rings. The van der Waals surface area contributed by atoms with Crippen LogP contribution in [0.15, 0.2) is 12.5 Å². The molecule has 0 saturated carbocycles. The van der Waals surface area contributed by atoms with Gasteiger partial charge in [-0.3, -0.25) is 0 Å². The maximum Gasteiger partial charge on any atom is 0.0988 e. The molecular weight excluding hydrogens is 218 g/mol. The summed E-state index contributed by atoms with van der Waals surface area (Å²) in [5, 5.41) is 3.38. The van der Waals surface area contributed by atoms with Crippen molar-refractivity contribution in [2.24, 2.45) is 0 Å². The Balaban J connectivity index is 1.84. The summed E-state index contributed by atoms with van der Waals surface area (Å²) >= 11 is 0. The second-order valence-electron chi connectivity index (χ2n) is 4.28. The summed E-state index contributed by atoms with van der Waals surface area (Å²) in [6.07, 6.45) is 5.07. The molecule has 1 N–H and O–H groups in total. The van der Waals surface area contributed by atoms with Gasteiger partial charge >= 0.3 is 0 Å². The zero-order valence-corrected chi connectivity index (χ0v) is 10.4. The third kappa shape index (κ3) is 3.80. The first-order valence-electron chi connectivity index (χ1n) is 6.29. The molecule has 1 aliphatic heterocycles. The van der Waals surface area contributed by atoms with Crippen molar-refractivity contribution in [3.05, 3.63) is 18.2 Å². The quantitative estimate of drug-likeness (QED) is 0.746. The van der Waals surface area contributed by atoms with Gasteiger partial charge in [0.2, 0.25) is 0 Å². The third-order valence-corrected chi connectivity index (χ3v) is 2.82. The van der Waals surface area contributed by atoms with Gasteiger partial charge < -0.3 is 19.4 Å². The highest BCUT2D eigenvalue weighted by Crippen LogP contribution is 2.07. The predicted octanol–water partition coefficient (Wildman–Crippen LogP) is 0.798. The van der Waals surface area contributed by atoms with Crippen molar-refractivity contribution in [1.82, 2.24) is 14.9 Å². The van der Waals surface area contributed by atoms with Crippen LogP contribution in [0.25, 0.3) is 0 Å². The summed E-state index contributed by atoms with van der Waals surface area (Å²) in [4.78, 5) is 4.19. The number of rotatable bonds is 6. The molecule has 2 rings (SSSR count). The fourth-order valence-corrected chi connectivity index (χ4v) is 1.91. The van der Waals surface area contributed by atoms with Crippen LogP contribution < -0.4 is 5.32 Å². The summed E-state index contributed by atoms with van der Waals surface area (Å²) in [6.45, 7) is 6.98. The number of imidazole rings is 1. The minimum absolute atomic E-state index is 0.155. The fourth-order valence-electron chi connectivity index (χ4n) is 1.91. The van der Waals surface area contributed by atoms with Crippen LogP contribution in [0.2, 0.25) is 0 Å². The number of hydrogen-bond acceptors (Lipinski definition) is 4. The van der Waals surface area contributed by atoms with Crippen LogP contribution in [-0.2, 0) is 22.6 Å². The average Bonchev–Trinajstić information content (AvgIpc) is 2.79. The van der Waals surface area contributed by atoms with Crippen molar-refractivity contribution >= 4 is 0 Å². The minimum atomic E-state index is 0.155. The van der Waals surface area contributed by atoms with Crippen molar-refractivity contribution < 1.29 is 9.47 Å². The van der Waals surface area contributed by atoms with E-state index in [2.05, 4.69) is 21.8 Å². The van der Waals surface area contributed by atoms with E-state index in [0.717, 1.165) is 26.1 Å². The van der Waals surface area contributed by atoms with Crippen LogP contribution in [-0.4, -0.2) is 42.0 Å². The van der Waals surface area contributed by atoms with E-state index in [-0.39, 0.29) is 6.10 Å². The molecule has 0 aromatic carbocycles. The summed E-state index contributed by atoms with van der Waals surface area (Å²) in [6, 6.07) is 0. The van der Waals surface area contributed by atoms with E-state index in [4.69, 9.17) is 9.47 Å². The first-order chi connectivity index (χ1) is 8.40. The first-order valence-corrected chi connectivity index (χ1v) is 6.29. The molecule has 96 valence electrons. The van der Waals surface area contributed by atoms with E-state index in [1.165, 1.54) is 5.69 Å². The molecular formula is C12H21N3O2. The smallest absolute Gasteiger partial charge is 0.0988 e. The Morgan fingerprint density at radius 1 is 1.53 bits per heavy atom. The monoisotopic (exact) mass is 239 g/mol. The largest absolute Gasteiger partial charge is 0.376 e. The average molecular weight is 239 g/mol. The van der Waals surface area contributed by atoms with Gasteiger partial charge in [0, 0.05) is 12.7 Å². The third-order valence-electron chi connectivity index (χ3n) is 2.82. The zero-order chi connectivity index (χ0) is 11.9. The Labute approximate surface area is 102 Å². The van der Waals surface area contributed by atoms with Crippen molar-refractivity contribution in [2.75, 3.05) is 26.4 Å². The van der Waals surface area contributed by atoms with Crippen LogP contribution >= 0.6 is 0 Å². The maximum absolute atomic E-state index is 5.64. The lowest BCUT2D eigenvalue weighted by molar-refractivity contribution is -0.0938. The Hall–Kier alpha value is -0.910. The molecule has 1 unspecified atom stereocenters. The van der Waals surface area contributed by atoms with Crippen molar-refractivity contribution in [1.29, 1.82) is 0 Å². The van der Waals surface area contributed by atoms with E-state index in [9.17, 15) is 0 Å². The summed E-state index contributed by atoms with van der Waals surface area (Å²) in [7, 11) is 0. The van der Waals surface area contributed by atoms with Gasteiger partial charge in [0.05, 0.1) is 44.5 Å². The maximum atomic E-state index is 5.64. The van der Waals surface area contributed by atoms with E-state index in [0.29, 0.717) is 19.8 Å². The standard InChI is InChI=1S/C12H21N3O2/c1-2-3-13-6-11-7-14-10-15(11)8-12-9-16-4-5-17-12/h7,10,12-13H,2-6,8-9H2,1H3. The zero-order valence-electron chi connectivity index (χ0n) is 10.4.